The number of rotatable bonds is 5. The van der Waals surface area contributed by atoms with Gasteiger partial charge in [0, 0.05) is 31.1 Å². The number of nitrogens with zero attached hydrogens (tertiary/aromatic N) is 3. The summed E-state index contributed by atoms with van der Waals surface area (Å²) in [5.74, 6) is 0. The molecule has 1 aliphatic heterocycles. The van der Waals surface area contributed by atoms with Gasteiger partial charge in [-0.15, -0.1) is 11.3 Å². The highest BCUT2D eigenvalue weighted by Crippen LogP contribution is 2.26. The Kier molecular flexibility index (Phi) is 4.05. The third-order valence-electron chi connectivity index (χ3n) is 4.23. The maximum atomic E-state index is 4.77. The van der Waals surface area contributed by atoms with Crippen LogP contribution in [0.1, 0.15) is 31.4 Å². The number of aromatic nitrogens is 1. The minimum Gasteiger partial charge on any atom is -0.348 e. The molecule has 0 aromatic carbocycles. The molecule has 4 nitrogen and oxygen atoms in total. The first-order chi connectivity index (χ1) is 9.22. The number of likely N-dealkylation sites (tertiary alicyclic amines) is 1. The van der Waals surface area contributed by atoms with Gasteiger partial charge in [0.2, 0.25) is 0 Å². The third kappa shape index (κ3) is 3.46. The Labute approximate surface area is 119 Å². The van der Waals surface area contributed by atoms with Gasteiger partial charge in [-0.2, -0.15) is 0 Å². The van der Waals surface area contributed by atoms with Crippen molar-refractivity contribution >= 4 is 16.5 Å². The van der Waals surface area contributed by atoms with Crippen LogP contribution in [0.2, 0.25) is 0 Å². The van der Waals surface area contributed by atoms with E-state index < -0.39 is 0 Å². The van der Waals surface area contributed by atoms with Crippen molar-refractivity contribution in [3.05, 3.63) is 11.1 Å². The van der Waals surface area contributed by atoms with E-state index in [-0.39, 0.29) is 0 Å². The lowest BCUT2D eigenvalue weighted by molar-refractivity contribution is 0.253. The zero-order valence-corrected chi connectivity index (χ0v) is 12.7. The van der Waals surface area contributed by atoms with Crippen molar-refractivity contribution < 1.29 is 0 Å². The molecule has 0 spiro atoms. The number of hydrogen-bond acceptors (Lipinski definition) is 5. The summed E-state index contributed by atoms with van der Waals surface area (Å²) in [6.45, 7) is 3.34. The molecule has 1 aromatic heterocycles. The van der Waals surface area contributed by atoms with Crippen molar-refractivity contribution in [2.24, 2.45) is 0 Å². The Hall–Kier alpha value is -0.650. The SMILES string of the molecule is CN1CCC(N(C)c2nc(CNC3CC3)cs2)CC1. The maximum Gasteiger partial charge on any atom is 0.185 e. The third-order valence-corrected chi connectivity index (χ3v) is 5.21. The molecule has 1 aliphatic carbocycles. The van der Waals surface area contributed by atoms with Crippen LogP contribution in [0.3, 0.4) is 0 Å². The van der Waals surface area contributed by atoms with E-state index >= 15 is 0 Å². The molecule has 1 aromatic rings. The molecule has 1 saturated carbocycles. The maximum absolute atomic E-state index is 4.77. The lowest BCUT2D eigenvalue weighted by Crippen LogP contribution is -2.41. The minimum absolute atomic E-state index is 0.659. The van der Waals surface area contributed by atoms with Gasteiger partial charge < -0.3 is 15.1 Å². The van der Waals surface area contributed by atoms with Crippen molar-refractivity contribution in [1.29, 1.82) is 0 Å². The number of anilines is 1. The average Bonchev–Trinajstić information content (AvgIpc) is 3.13. The van der Waals surface area contributed by atoms with E-state index in [1.54, 1.807) is 11.3 Å². The van der Waals surface area contributed by atoms with E-state index in [0.717, 1.165) is 12.6 Å². The van der Waals surface area contributed by atoms with Crippen LogP contribution in [-0.2, 0) is 6.54 Å². The van der Waals surface area contributed by atoms with E-state index in [2.05, 4.69) is 34.6 Å². The first-order valence-electron chi connectivity index (χ1n) is 7.31. The monoisotopic (exact) mass is 280 g/mol. The highest BCUT2D eigenvalue weighted by Gasteiger charge is 2.23. The fraction of sp³-hybridized carbons (Fsp3) is 0.786. The Morgan fingerprint density at radius 2 is 2.11 bits per heavy atom. The molecule has 0 atom stereocenters. The molecular weight excluding hydrogens is 256 g/mol. The molecule has 0 unspecified atom stereocenters. The summed E-state index contributed by atoms with van der Waals surface area (Å²) >= 11 is 1.79. The van der Waals surface area contributed by atoms with Gasteiger partial charge in [-0.1, -0.05) is 0 Å². The Morgan fingerprint density at radius 3 is 2.79 bits per heavy atom. The van der Waals surface area contributed by atoms with Crippen LogP contribution in [0.5, 0.6) is 0 Å². The molecule has 0 radical (unpaired) electrons. The van der Waals surface area contributed by atoms with Gasteiger partial charge in [-0.3, -0.25) is 0 Å². The van der Waals surface area contributed by atoms with Crippen LogP contribution in [-0.4, -0.2) is 49.2 Å². The molecule has 106 valence electrons. The number of thiazole rings is 1. The second-order valence-corrected chi connectivity index (χ2v) is 6.76. The lowest BCUT2D eigenvalue weighted by atomic mass is 10.0. The molecule has 2 heterocycles. The predicted molar refractivity (Wildman–Crippen MR) is 80.9 cm³/mol. The standard InChI is InChI=1S/C14H24N4S/c1-17-7-5-13(6-8-17)18(2)14-16-12(10-19-14)9-15-11-3-4-11/h10-11,13,15H,3-9H2,1-2H3. The molecule has 1 N–H and O–H groups in total. The summed E-state index contributed by atoms with van der Waals surface area (Å²) in [4.78, 5) is 9.57. The van der Waals surface area contributed by atoms with E-state index in [1.807, 2.05) is 0 Å². The number of hydrogen-bond donors (Lipinski definition) is 1. The van der Waals surface area contributed by atoms with E-state index in [9.17, 15) is 0 Å². The molecule has 2 aliphatic rings. The fourth-order valence-electron chi connectivity index (χ4n) is 2.61. The van der Waals surface area contributed by atoms with Gasteiger partial charge in [-0.25, -0.2) is 4.98 Å². The van der Waals surface area contributed by atoms with Crippen LogP contribution in [0.25, 0.3) is 0 Å². The van der Waals surface area contributed by atoms with Gasteiger partial charge in [0.25, 0.3) is 0 Å². The van der Waals surface area contributed by atoms with Crippen molar-refractivity contribution in [2.45, 2.75) is 44.3 Å². The fourth-order valence-corrected chi connectivity index (χ4v) is 3.48. The van der Waals surface area contributed by atoms with Crippen molar-refractivity contribution in [1.82, 2.24) is 15.2 Å². The molecule has 0 bridgehead atoms. The van der Waals surface area contributed by atoms with Crippen LogP contribution < -0.4 is 10.2 Å². The van der Waals surface area contributed by atoms with Crippen molar-refractivity contribution in [3.8, 4) is 0 Å². The highest BCUT2D eigenvalue weighted by atomic mass is 32.1. The van der Waals surface area contributed by atoms with Gasteiger partial charge in [0.05, 0.1) is 5.69 Å². The first kappa shape index (κ1) is 13.3. The molecule has 19 heavy (non-hydrogen) atoms. The van der Waals surface area contributed by atoms with Crippen LogP contribution in [0.15, 0.2) is 5.38 Å². The minimum atomic E-state index is 0.659. The first-order valence-corrected chi connectivity index (χ1v) is 8.19. The molecule has 2 fully saturated rings. The Balaban J connectivity index is 1.54. The zero-order chi connectivity index (χ0) is 13.2. The highest BCUT2D eigenvalue weighted by molar-refractivity contribution is 7.13. The summed E-state index contributed by atoms with van der Waals surface area (Å²) in [5, 5.41) is 6.92. The van der Waals surface area contributed by atoms with Crippen molar-refractivity contribution in [2.75, 3.05) is 32.1 Å². The normalized spacial score (nSPS) is 21.8. The van der Waals surface area contributed by atoms with Crippen LogP contribution >= 0.6 is 11.3 Å². The van der Waals surface area contributed by atoms with Crippen molar-refractivity contribution in [3.63, 3.8) is 0 Å². The molecule has 0 amide bonds. The zero-order valence-electron chi connectivity index (χ0n) is 11.9. The average molecular weight is 280 g/mol. The van der Waals surface area contributed by atoms with E-state index in [0.29, 0.717) is 6.04 Å². The molecule has 1 saturated heterocycles. The van der Waals surface area contributed by atoms with Gasteiger partial charge in [-0.05, 0) is 45.8 Å². The van der Waals surface area contributed by atoms with Gasteiger partial charge >= 0.3 is 0 Å². The second-order valence-electron chi connectivity index (χ2n) is 5.92. The van der Waals surface area contributed by atoms with Crippen LogP contribution in [0, 0.1) is 0 Å². The summed E-state index contributed by atoms with van der Waals surface area (Å²) in [7, 11) is 4.41. The van der Waals surface area contributed by atoms with Gasteiger partial charge in [0.1, 0.15) is 0 Å². The Morgan fingerprint density at radius 1 is 1.37 bits per heavy atom. The summed E-state index contributed by atoms with van der Waals surface area (Å²) in [6, 6.07) is 1.42. The summed E-state index contributed by atoms with van der Waals surface area (Å²) < 4.78 is 0. The summed E-state index contributed by atoms with van der Waals surface area (Å²) in [6.07, 6.45) is 5.18. The lowest BCUT2D eigenvalue weighted by Gasteiger charge is -2.34. The number of piperidine rings is 1. The Bertz CT molecular complexity index is 407. The topological polar surface area (TPSA) is 31.4 Å². The van der Waals surface area contributed by atoms with E-state index in [4.69, 9.17) is 4.98 Å². The molecule has 3 rings (SSSR count). The second kappa shape index (κ2) is 5.77. The quantitative estimate of drug-likeness (QED) is 0.893. The van der Waals surface area contributed by atoms with E-state index in [1.165, 1.54) is 49.6 Å². The number of nitrogens with one attached hydrogen (secondary N) is 1. The summed E-state index contributed by atoms with van der Waals surface area (Å²) in [5.41, 5.74) is 1.20. The predicted octanol–water partition coefficient (Wildman–Crippen LogP) is 1.93. The van der Waals surface area contributed by atoms with Crippen LogP contribution in [0.4, 0.5) is 5.13 Å². The molecular formula is C14H24N4S. The molecule has 5 heteroatoms. The smallest absolute Gasteiger partial charge is 0.185 e. The largest absolute Gasteiger partial charge is 0.348 e. The van der Waals surface area contributed by atoms with Gasteiger partial charge in [0.15, 0.2) is 5.13 Å².